The van der Waals surface area contributed by atoms with Gasteiger partial charge in [-0.15, -0.1) is 0 Å². The number of hydrogen-bond acceptors (Lipinski definition) is 7. The lowest BCUT2D eigenvalue weighted by molar-refractivity contribution is -0.137. The number of hydrogen-bond donors (Lipinski definition) is 2. The molecule has 10 nitrogen and oxygen atoms in total. The van der Waals surface area contributed by atoms with Gasteiger partial charge >= 0.3 is 12.3 Å². The number of fused-ring (bicyclic) bond motifs is 1. The van der Waals surface area contributed by atoms with Crippen molar-refractivity contribution in [3.63, 3.8) is 0 Å². The molecule has 5 rings (SSSR count). The van der Waals surface area contributed by atoms with E-state index in [-0.39, 0.29) is 40.5 Å². The summed E-state index contributed by atoms with van der Waals surface area (Å²) in [4.78, 5) is 39.1. The van der Waals surface area contributed by atoms with E-state index in [4.69, 9.17) is 15.5 Å². The maximum atomic E-state index is 15.5. The van der Waals surface area contributed by atoms with Crippen LogP contribution >= 0.6 is 0 Å². The number of cyclic esters (lactones) is 1. The van der Waals surface area contributed by atoms with Crippen LogP contribution in [0.3, 0.4) is 0 Å². The fraction of sp³-hybridized carbons (Fsp3) is 0.296. The summed E-state index contributed by atoms with van der Waals surface area (Å²) in [5.41, 5.74) is 5.62. The van der Waals surface area contributed by atoms with Crippen LogP contribution < -0.4 is 11.1 Å². The van der Waals surface area contributed by atoms with Crippen molar-refractivity contribution in [1.82, 2.24) is 24.3 Å². The first-order chi connectivity index (χ1) is 19.5. The zero-order valence-electron chi connectivity index (χ0n) is 21.9. The number of nitrogens with one attached hydrogen (secondary N) is 1. The van der Waals surface area contributed by atoms with E-state index in [1.807, 2.05) is 6.92 Å². The molecule has 0 saturated carbocycles. The summed E-state index contributed by atoms with van der Waals surface area (Å²) in [7, 11) is 0. The lowest BCUT2D eigenvalue weighted by Crippen LogP contribution is -2.30. The SMILES string of the molecule is CCC(CN1CC(C)OC1=O)c1nc(-c2ccc(C(=O)Nc3cc(C(F)(F)F)ccn3)cc2F)c2c(N)nccn12. The third-order valence-corrected chi connectivity index (χ3v) is 6.76. The third kappa shape index (κ3) is 5.49. The highest BCUT2D eigenvalue weighted by atomic mass is 19.4. The number of rotatable bonds is 7. The first kappa shape index (κ1) is 27.8. The number of aromatic nitrogens is 4. The number of carbonyl (C=O) groups excluding carboxylic acids is 2. The molecule has 41 heavy (non-hydrogen) atoms. The molecule has 1 aliphatic heterocycles. The van der Waals surface area contributed by atoms with Crippen molar-refractivity contribution in [2.24, 2.45) is 0 Å². The van der Waals surface area contributed by atoms with Crippen molar-refractivity contribution in [2.45, 2.75) is 38.5 Å². The minimum Gasteiger partial charge on any atom is -0.445 e. The average Bonchev–Trinajstić information content (AvgIpc) is 3.46. The number of imidazole rings is 1. The number of ether oxygens (including phenoxy) is 1. The number of amides is 2. The zero-order valence-corrected chi connectivity index (χ0v) is 21.9. The fourth-order valence-corrected chi connectivity index (χ4v) is 4.75. The van der Waals surface area contributed by atoms with Crippen LogP contribution in [0.15, 0.2) is 48.9 Å². The predicted molar refractivity (Wildman–Crippen MR) is 141 cm³/mol. The number of halogens is 4. The van der Waals surface area contributed by atoms with Crippen LogP contribution in [0.5, 0.6) is 0 Å². The van der Waals surface area contributed by atoms with Crippen LogP contribution in [0.2, 0.25) is 0 Å². The second-order valence-corrected chi connectivity index (χ2v) is 9.63. The van der Waals surface area contributed by atoms with Gasteiger partial charge in [-0.05, 0) is 43.7 Å². The molecule has 1 aliphatic rings. The Hall–Kier alpha value is -4.75. The van der Waals surface area contributed by atoms with E-state index in [0.717, 1.165) is 18.3 Å². The van der Waals surface area contributed by atoms with Crippen LogP contribution in [0.1, 0.15) is 47.9 Å². The number of nitrogens with two attached hydrogens (primary N) is 1. The highest BCUT2D eigenvalue weighted by Gasteiger charge is 2.33. The monoisotopic (exact) mass is 571 g/mol. The van der Waals surface area contributed by atoms with Gasteiger partial charge in [0.05, 0.1) is 12.1 Å². The molecule has 0 aliphatic carbocycles. The van der Waals surface area contributed by atoms with Crippen molar-refractivity contribution < 1.29 is 31.9 Å². The Balaban J connectivity index is 1.47. The van der Waals surface area contributed by atoms with Crippen molar-refractivity contribution in [1.29, 1.82) is 0 Å². The quantitative estimate of drug-likeness (QED) is 0.295. The number of nitrogens with zero attached hydrogens (tertiary/aromatic N) is 5. The summed E-state index contributed by atoms with van der Waals surface area (Å²) >= 11 is 0. The Morgan fingerprint density at radius 2 is 2.00 bits per heavy atom. The van der Waals surface area contributed by atoms with Gasteiger partial charge in [0.1, 0.15) is 40.6 Å². The fourth-order valence-electron chi connectivity index (χ4n) is 4.75. The molecule has 0 spiro atoms. The standard InChI is InChI=1S/C27H25F4N7O3/c1-3-15(13-37-12-14(2)41-26(37)40)24-36-21(22-23(32)34-8-9-38(22)24)18-5-4-16(10-19(18)28)25(39)35-20-11-17(6-7-33-20)27(29,30)31/h4-11,14-15H,3,12-13H2,1-2H3,(H2,32,34)(H,33,35,39). The highest BCUT2D eigenvalue weighted by molar-refractivity contribution is 6.04. The Morgan fingerprint density at radius 3 is 2.66 bits per heavy atom. The molecule has 3 aromatic heterocycles. The second kappa shape index (κ2) is 10.7. The minimum absolute atomic E-state index is 0.0336. The molecule has 4 aromatic rings. The van der Waals surface area contributed by atoms with Gasteiger partial charge in [0, 0.05) is 42.2 Å². The van der Waals surface area contributed by atoms with Gasteiger partial charge in [0.25, 0.3) is 5.91 Å². The number of anilines is 2. The molecule has 3 N–H and O–H groups in total. The van der Waals surface area contributed by atoms with E-state index in [0.29, 0.717) is 36.9 Å². The number of alkyl halides is 3. The molecule has 2 amide bonds. The van der Waals surface area contributed by atoms with E-state index in [1.54, 1.807) is 22.4 Å². The molecule has 2 unspecified atom stereocenters. The summed E-state index contributed by atoms with van der Waals surface area (Å²) in [6, 6.07) is 5.06. The largest absolute Gasteiger partial charge is 0.445 e. The molecular weight excluding hydrogens is 546 g/mol. The molecule has 214 valence electrons. The van der Waals surface area contributed by atoms with Crippen LogP contribution in [-0.2, 0) is 10.9 Å². The molecule has 1 saturated heterocycles. The van der Waals surface area contributed by atoms with Gasteiger partial charge in [-0.1, -0.05) is 6.92 Å². The topological polar surface area (TPSA) is 128 Å². The van der Waals surface area contributed by atoms with E-state index < -0.39 is 29.6 Å². The van der Waals surface area contributed by atoms with Gasteiger partial charge in [0.2, 0.25) is 0 Å². The number of pyridine rings is 1. The van der Waals surface area contributed by atoms with Crippen molar-refractivity contribution >= 4 is 29.2 Å². The Labute approximate surface area is 231 Å². The Morgan fingerprint density at radius 1 is 1.22 bits per heavy atom. The molecule has 0 radical (unpaired) electrons. The van der Waals surface area contributed by atoms with Gasteiger partial charge in [-0.2, -0.15) is 13.2 Å². The summed E-state index contributed by atoms with van der Waals surface area (Å²) in [6.45, 7) is 4.50. The van der Waals surface area contributed by atoms with Crippen LogP contribution in [0.25, 0.3) is 16.8 Å². The maximum absolute atomic E-state index is 15.5. The summed E-state index contributed by atoms with van der Waals surface area (Å²) in [5, 5.41) is 2.25. The Bertz CT molecular complexity index is 1640. The molecular formula is C27H25F4N7O3. The van der Waals surface area contributed by atoms with Gasteiger partial charge in [0.15, 0.2) is 0 Å². The summed E-state index contributed by atoms with van der Waals surface area (Å²) in [5.74, 6) is -1.60. The number of nitrogen functional groups attached to an aromatic ring is 1. The number of benzene rings is 1. The maximum Gasteiger partial charge on any atom is 0.416 e. The van der Waals surface area contributed by atoms with E-state index in [2.05, 4.69) is 15.3 Å². The second-order valence-electron chi connectivity index (χ2n) is 9.63. The van der Waals surface area contributed by atoms with Crippen LogP contribution in [-0.4, -0.2) is 55.4 Å². The molecule has 4 heterocycles. The van der Waals surface area contributed by atoms with E-state index in [1.165, 1.54) is 18.3 Å². The predicted octanol–water partition coefficient (Wildman–Crippen LogP) is 5.12. The molecule has 2 atom stereocenters. The minimum atomic E-state index is -4.62. The van der Waals surface area contributed by atoms with Crippen LogP contribution in [0.4, 0.5) is 34.0 Å². The first-order valence-electron chi connectivity index (χ1n) is 12.7. The summed E-state index contributed by atoms with van der Waals surface area (Å²) in [6.07, 6.45) is -0.621. The lowest BCUT2D eigenvalue weighted by Gasteiger charge is -2.20. The normalized spacial score (nSPS) is 16.2. The van der Waals surface area contributed by atoms with Gasteiger partial charge < -0.3 is 20.7 Å². The van der Waals surface area contributed by atoms with Crippen molar-refractivity contribution in [2.75, 3.05) is 24.1 Å². The molecule has 1 fully saturated rings. The van der Waals surface area contributed by atoms with Gasteiger partial charge in [-0.3, -0.25) is 9.20 Å². The van der Waals surface area contributed by atoms with Crippen molar-refractivity contribution in [3.8, 4) is 11.3 Å². The third-order valence-electron chi connectivity index (χ3n) is 6.76. The average molecular weight is 572 g/mol. The first-order valence-corrected chi connectivity index (χ1v) is 12.7. The molecule has 14 heteroatoms. The van der Waals surface area contributed by atoms with E-state index >= 15 is 4.39 Å². The highest BCUT2D eigenvalue weighted by Crippen LogP contribution is 2.34. The van der Waals surface area contributed by atoms with E-state index in [9.17, 15) is 22.8 Å². The lowest BCUT2D eigenvalue weighted by atomic mass is 10.0. The smallest absolute Gasteiger partial charge is 0.416 e. The molecule has 0 bridgehead atoms. The number of carbonyl (C=O) groups is 2. The molecule has 1 aromatic carbocycles. The Kier molecular flexibility index (Phi) is 7.24. The van der Waals surface area contributed by atoms with Crippen LogP contribution in [0, 0.1) is 5.82 Å². The summed E-state index contributed by atoms with van der Waals surface area (Å²) < 4.78 is 61.4. The van der Waals surface area contributed by atoms with Gasteiger partial charge in [-0.25, -0.2) is 24.1 Å². The van der Waals surface area contributed by atoms with Crippen molar-refractivity contribution in [3.05, 3.63) is 71.7 Å². The zero-order chi connectivity index (χ0) is 29.5.